The Morgan fingerprint density at radius 1 is 1.64 bits per heavy atom. The molecule has 5 nitrogen and oxygen atoms in total. The summed E-state index contributed by atoms with van der Waals surface area (Å²) in [5, 5.41) is 17.7. The molecule has 0 saturated carbocycles. The van der Waals surface area contributed by atoms with Crippen LogP contribution in [0.25, 0.3) is 0 Å². The maximum atomic E-state index is 10.0. The average molecular weight is 163 g/mol. The number of rotatable bonds is 4. The van der Waals surface area contributed by atoms with E-state index in [1.54, 1.807) is 0 Å². The Bertz CT molecular complexity index is 126. The van der Waals surface area contributed by atoms with Gasteiger partial charge in [0.2, 0.25) is 0 Å². The van der Waals surface area contributed by atoms with Crippen LogP contribution in [0.15, 0.2) is 0 Å². The number of amides is 1. The second kappa shape index (κ2) is 4.92. The van der Waals surface area contributed by atoms with Crippen LogP contribution in [0.5, 0.6) is 0 Å². The first-order valence-corrected chi connectivity index (χ1v) is 3.30. The van der Waals surface area contributed by atoms with Crippen LogP contribution in [0.1, 0.15) is 13.3 Å². The summed E-state index contributed by atoms with van der Waals surface area (Å²) in [6, 6.07) is 0. The van der Waals surface area contributed by atoms with Gasteiger partial charge in [-0.3, -0.25) is 0 Å². The van der Waals surface area contributed by atoms with Crippen LogP contribution in [0.2, 0.25) is 0 Å². The van der Waals surface area contributed by atoms with Crippen molar-refractivity contribution in [3.63, 3.8) is 0 Å². The molecule has 2 unspecified atom stereocenters. The minimum absolute atomic E-state index is 0.166. The lowest BCUT2D eigenvalue weighted by Crippen LogP contribution is -2.24. The molecule has 5 heteroatoms. The molecule has 0 saturated heterocycles. The molecule has 0 radical (unpaired) electrons. The van der Waals surface area contributed by atoms with Gasteiger partial charge in [-0.2, -0.15) is 0 Å². The molecule has 0 rings (SSSR count). The molecule has 0 aliphatic rings. The third-order valence-corrected chi connectivity index (χ3v) is 1.03. The Morgan fingerprint density at radius 2 is 2.18 bits per heavy atom. The van der Waals surface area contributed by atoms with Crippen molar-refractivity contribution in [1.29, 1.82) is 0 Å². The van der Waals surface area contributed by atoms with Gasteiger partial charge in [-0.15, -0.1) is 0 Å². The second-order valence-electron chi connectivity index (χ2n) is 2.37. The monoisotopic (exact) mass is 163 g/mol. The van der Waals surface area contributed by atoms with Crippen LogP contribution >= 0.6 is 0 Å². The van der Waals surface area contributed by atoms with Crippen molar-refractivity contribution >= 4 is 6.09 Å². The topological polar surface area (TPSA) is 92.8 Å². The molecule has 0 aliphatic carbocycles. The first kappa shape index (κ1) is 10.2. The molecule has 0 spiro atoms. The molecular weight excluding hydrogens is 150 g/mol. The minimum Gasteiger partial charge on any atom is -0.447 e. The molecule has 0 fully saturated rings. The number of ether oxygens (including phenoxy) is 1. The van der Waals surface area contributed by atoms with Crippen LogP contribution in [-0.2, 0) is 4.74 Å². The fraction of sp³-hybridized carbons (Fsp3) is 0.833. The van der Waals surface area contributed by atoms with Crippen molar-refractivity contribution in [1.82, 2.24) is 0 Å². The van der Waals surface area contributed by atoms with E-state index in [0.717, 1.165) is 0 Å². The zero-order valence-corrected chi connectivity index (χ0v) is 6.36. The van der Waals surface area contributed by atoms with E-state index in [0.29, 0.717) is 0 Å². The predicted octanol–water partition coefficient (Wildman–Crippen LogP) is -0.787. The smallest absolute Gasteiger partial charge is 0.404 e. The van der Waals surface area contributed by atoms with Gasteiger partial charge in [-0.05, 0) is 6.92 Å². The zero-order chi connectivity index (χ0) is 8.85. The number of aliphatic hydroxyl groups is 2. The Hall–Kier alpha value is -0.810. The van der Waals surface area contributed by atoms with Crippen LogP contribution in [0.4, 0.5) is 4.79 Å². The lowest BCUT2D eigenvalue weighted by atomic mass is 10.2. The van der Waals surface area contributed by atoms with Gasteiger partial charge in [0.15, 0.2) is 0 Å². The van der Waals surface area contributed by atoms with E-state index in [2.05, 4.69) is 10.5 Å². The molecule has 0 heterocycles. The van der Waals surface area contributed by atoms with Gasteiger partial charge in [0.05, 0.1) is 12.2 Å². The highest BCUT2D eigenvalue weighted by atomic mass is 16.6. The van der Waals surface area contributed by atoms with Crippen molar-refractivity contribution in [2.24, 2.45) is 5.73 Å². The standard InChI is InChI=1S/C6H13NO4/c1-4(8)2-5(9)3-11-6(7)10/h4-5,8-9H,2-3H2,1H3,(H2,7,10). The molecule has 1 amide bonds. The molecule has 0 aromatic carbocycles. The molecule has 0 aromatic rings. The number of aliphatic hydroxyl groups excluding tert-OH is 2. The first-order valence-electron chi connectivity index (χ1n) is 3.30. The van der Waals surface area contributed by atoms with Crippen molar-refractivity contribution in [3.8, 4) is 0 Å². The SMILES string of the molecule is CC(O)CC(O)COC(N)=O. The van der Waals surface area contributed by atoms with E-state index in [4.69, 9.17) is 10.2 Å². The fourth-order valence-corrected chi connectivity index (χ4v) is 0.640. The summed E-state index contributed by atoms with van der Waals surface area (Å²) in [4.78, 5) is 10.0. The number of hydrogen-bond acceptors (Lipinski definition) is 4. The average Bonchev–Trinajstić information content (AvgIpc) is 1.82. The molecule has 0 bridgehead atoms. The Balaban J connectivity index is 3.37. The van der Waals surface area contributed by atoms with E-state index >= 15 is 0 Å². The van der Waals surface area contributed by atoms with Gasteiger partial charge in [0, 0.05) is 6.42 Å². The molecular formula is C6H13NO4. The van der Waals surface area contributed by atoms with Crippen LogP contribution in [0, 0.1) is 0 Å². The lowest BCUT2D eigenvalue weighted by Gasteiger charge is -2.11. The van der Waals surface area contributed by atoms with Crippen molar-refractivity contribution < 1.29 is 19.7 Å². The summed E-state index contributed by atoms with van der Waals surface area (Å²) in [6.07, 6.45) is -2.20. The quantitative estimate of drug-likeness (QED) is 0.506. The van der Waals surface area contributed by atoms with Gasteiger partial charge < -0.3 is 20.7 Å². The highest BCUT2D eigenvalue weighted by molar-refractivity contribution is 5.64. The number of hydrogen-bond donors (Lipinski definition) is 3. The first-order chi connectivity index (χ1) is 5.02. The minimum atomic E-state index is -0.922. The Labute approximate surface area is 64.8 Å². The van der Waals surface area contributed by atoms with Gasteiger partial charge in [0.25, 0.3) is 0 Å². The summed E-state index contributed by atoms with van der Waals surface area (Å²) in [5.74, 6) is 0. The highest BCUT2D eigenvalue weighted by Crippen LogP contribution is 1.97. The van der Waals surface area contributed by atoms with Crippen molar-refractivity contribution in [2.45, 2.75) is 25.6 Å². The highest BCUT2D eigenvalue weighted by Gasteiger charge is 2.09. The molecule has 4 N–H and O–H groups in total. The van der Waals surface area contributed by atoms with Gasteiger partial charge >= 0.3 is 6.09 Å². The number of primary amides is 1. The summed E-state index contributed by atoms with van der Waals surface area (Å²) in [6.45, 7) is 1.37. The van der Waals surface area contributed by atoms with E-state index in [1.807, 2.05) is 0 Å². The molecule has 0 aliphatic heterocycles. The third-order valence-electron chi connectivity index (χ3n) is 1.03. The molecule has 2 atom stereocenters. The largest absolute Gasteiger partial charge is 0.447 e. The second-order valence-corrected chi connectivity index (χ2v) is 2.37. The van der Waals surface area contributed by atoms with Crippen LogP contribution in [0.3, 0.4) is 0 Å². The molecule has 11 heavy (non-hydrogen) atoms. The maximum Gasteiger partial charge on any atom is 0.404 e. The summed E-state index contributed by atoms with van der Waals surface area (Å²) in [5.41, 5.74) is 4.64. The maximum absolute atomic E-state index is 10.0. The van der Waals surface area contributed by atoms with Crippen molar-refractivity contribution in [3.05, 3.63) is 0 Å². The van der Waals surface area contributed by atoms with Crippen molar-refractivity contribution in [2.75, 3.05) is 6.61 Å². The van der Waals surface area contributed by atoms with E-state index in [9.17, 15) is 4.79 Å². The zero-order valence-electron chi connectivity index (χ0n) is 6.36. The fourth-order valence-electron chi connectivity index (χ4n) is 0.640. The predicted molar refractivity (Wildman–Crippen MR) is 37.8 cm³/mol. The van der Waals surface area contributed by atoms with E-state index < -0.39 is 18.3 Å². The number of carbonyl (C=O) groups is 1. The summed E-state index contributed by atoms with van der Waals surface area (Å²) >= 11 is 0. The summed E-state index contributed by atoms with van der Waals surface area (Å²) in [7, 11) is 0. The van der Waals surface area contributed by atoms with E-state index in [1.165, 1.54) is 6.92 Å². The molecule has 66 valence electrons. The van der Waals surface area contributed by atoms with Crippen LogP contribution < -0.4 is 5.73 Å². The Morgan fingerprint density at radius 3 is 2.55 bits per heavy atom. The number of nitrogens with two attached hydrogens (primary N) is 1. The van der Waals surface area contributed by atoms with Gasteiger partial charge in [-0.1, -0.05) is 0 Å². The Kier molecular flexibility index (Phi) is 4.56. The van der Waals surface area contributed by atoms with E-state index in [-0.39, 0.29) is 13.0 Å². The lowest BCUT2D eigenvalue weighted by molar-refractivity contribution is 0.0379. The number of carbonyl (C=O) groups excluding carboxylic acids is 1. The third kappa shape index (κ3) is 7.08. The van der Waals surface area contributed by atoms with Gasteiger partial charge in [0.1, 0.15) is 6.61 Å². The van der Waals surface area contributed by atoms with Gasteiger partial charge in [-0.25, -0.2) is 4.79 Å². The van der Waals surface area contributed by atoms with Crippen LogP contribution in [-0.4, -0.2) is 35.1 Å². The molecule has 0 aromatic heterocycles. The summed E-state index contributed by atoms with van der Waals surface area (Å²) < 4.78 is 4.28. The normalized spacial score (nSPS) is 15.5.